The van der Waals surface area contributed by atoms with E-state index in [4.69, 9.17) is 9.51 Å². The Balaban J connectivity index is 1.52. The SMILES string of the molecule is Cc1noc(C)c1CC(=O)N1CCCC1c1cccc(Nc2nncs2)n1. The van der Waals surface area contributed by atoms with Crippen molar-refractivity contribution in [2.24, 2.45) is 0 Å². The first-order valence-electron chi connectivity index (χ1n) is 8.83. The smallest absolute Gasteiger partial charge is 0.227 e. The Labute approximate surface area is 160 Å². The van der Waals surface area contributed by atoms with E-state index in [0.717, 1.165) is 36.3 Å². The van der Waals surface area contributed by atoms with E-state index in [9.17, 15) is 4.79 Å². The lowest BCUT2D eigenvalue weighted by molar-refractivity contribution is -0.131. The molecule has 1 fully saturated rings. The van der Waals surface area contributed by atoms with Gasteiger partial charge < -0.3 is 14.7 Å². The number of carbonyl (C=O) groups excluding carboxylic acids is 1. The number of hydrogen-bond acceptors (Lipinski definition) is 8. The third-order valence-electron chi connectivity index (χ3n) is 4.79. The first-order chi connectivity index (χ1) is 13.1. The van der Waals surface area contributed by atoms with Gasteiger partial charge in [-0.2, -0.15) is 0 Å². The van der Waals surface area contributed by atoms with Crippen LogP contribution in [0.3, 0.4) is 0 Å². The third kappa shape index (κ3) is 3.68. The van der Waals surface area contributed by atoms with Gasteiger partial charge in [-0.25, -0.2) is 4.98 Å². The molecule has 0 spiro atoms. The number of carbonyl (C=O) groups is 1. The summed E-state index contributed by atoms with van der Waals surface area (Å²) in [5, 5.41) is 15.6. The van der Waals surface area contributed by atoms with Crippen molar-refractivity contribution in [3.63, 3.8) is 0 Å². The molecule has 1 aliphatic rings. The van der Waals surface area contributed by atoms with Crippen LogP contribution in [0, 0.1) is 13.8 Å². The number of hydrogen-bond donors (Lipinski definition) is 1. The second-order valence-electron chi connectivity index (χ2n) is 6.54. The van der Waals surface area contributed by atoms with Crippen LogP contribution in [0.2, 0.25) is 0 Å². The molecule has 1 unspecified atom stereocenters. The summed E-state index contributed by atoms with van der Waals surface area (Å²) in [6.07, 6.45) is 2.18. The zero-order chi connectivity index (χ0) is 18.8. The molecule has 3 aromatic heterocycles. The Kier molecular flexibility index (Phi) is 4.85. The third-order valence-corrected chi connectivity index (χ3v) is 5.40. The molecular formula is C18H20N6O2S. The Hall–Kier alpha value is -2.81. The fraction of sp³-hybridized carbons (Fsp3) is 0.389. The lowest BCUT2D eigenvalue weighted by Gasteiger charge is -2.24. The topological polar surface area (TPSA) is 97.0 Å². The molecular weight excluding hydrogens is 364 g/mol. The molecule has 9 heteroatoms. The van der Waals surface area contributed by atoms with Crippen molar-refractivity contribution in [3.8, 4) is 0 Å². The van der Waals surface area contributed by atoms with Crippen molar-refractivity contribution in [2.75, 3.05) is 11.9 Å². The van der Waals surface area contributed by atoms with Crippen LogP contribution in [-0.2, 0) is 11.2 Å². The molecule has 0 bridgehead atoms. The molecule has 3 aromatic rings. The number of rotatable bonds is 5. The Morgan fingerprint density at radius 2 is 2.30 bits per heavy atom. The molecule has 4 heterocycles. The molecule has 0 aromatic carbocycles. The Morgan fingerprint density at radius 3 is 3.04 bits per heavy atom. The molecule has 8 nitrogen and oxygen atoms in total. The minimum absolute atomic E-state index is 0.0193. The second kappa shape index (κ2) is 7.43. The summed E-state index contributed by atoms with van der Waals surface area (Å²) in [4.78, 5) is 19.6. The van der Waals surface area contributed by atoms with Crippen LogP contribution < -0.4 is 5.32 Å². The minimum Gasteiger partial charge on any atom is -0.361 e. The number of aryl methyl sites for hydroxylation is 2. The standard InChI is InChI=1S/C18H20N6O2S/c1-11-13(12(2)26-23-11)9-17(25)24-8-4-6-15(24)14-5-3-7-16(20-14)21-18-22-19-10-27-18/h3,5,7,10,15H,4,6,8-9H2,1-2H3,(H,20,21,22). The number of aromatic nitrogens is 4. The van der Waals surface area contributed by atoms with Crippen LogP contribution in [0.15, 0.2) is 28.2 Å². The van der Waals surface area contributed by atoms with Crippen LogP contribution in [-0.4, -0.2) is 37.7 Å². The van der Waals surface area contributed by atoms with E-state index in [1.165, 1.54) is 11.3 Å². The van der Waals surface area contributed by atoms with E-state index in [1.54, 1.807) is 5.51 Å². The monoisotopic (exact) mass is 384 g/mol. The van der Waals surface area contributed by atoms with Gasteiger partial charge in [0, 0.05) is 12.1 Å². The number of likely N-dealkylation sites (tertiary alicyclic amines) is 1. The zero-order valence-electron chi connectivity index (χ0n) is 15.2. The first kappa shape index (κ1) is 17.6. The van der Waals surface area contributed by atoms with Gasteiger partial charge in [0.1, 0.15) is 17.1 Å². The van der Waals surface area contributed by atoms with Gasteiger partial charge in [-0.1, -0.05) is 22.6 Å². The highest BCUT2D eigenvalue weighted by Gasteiger charge is 2.31. The normalized spacial score (nSPS) is 16.7. The van der Waals surface area contributed by atoms with Crippen LogP contribution in [0.5, 0.6) is 0 Å². The highest BCUT2D eigenvalue weighted by molar-refractivity contribution is 7.13. The fourth-order valence-corrected chi connectivity index (χ4v) is 3.88. The quantitative estimate of drug-likeness (QED) is 0.721. The average Bonchev–Trinajstić information content (AvgIpc) is 3.40. The van der Waals surface area contributed by atoms with Crippen molar-refractivity contribution < 1.29 is 9.32 Å². The van der Waals surface area contributed by atoms with Crippen LogP contribution in [0.1, 0.15) is 41.6 Å². The van der Waals surface area contributed by atoms with Crippen molar-refractivity contribution >= 4 is 28.2 Å². The van der Waals surface area contributed by atoms with Crippen molar-refractivity contribution in [3.05, 3.63) is 46.4 Å². The molecule has 0 aliphatic carbocycles. The molecule has 140 valence electrons. The summed E-state index contributed by atoms with van der Waals surface area (Å²) in [6.45, 7) is 4.45. The van der Waals surface area contributed by atoms with Gasteiger partial charge in [-0.3, -0.25) is 4.79 Å². The summed E-state index contributed by atoms with van der Waals surface area (Å²) in [5.41, 5.74) is 4.20. The van der Waals surface area contributed by atoms with Crippen LogP contribution in [0.4, 0.5) is 10.9 Å². The van der Waals surface area contributed by atoms with Crippen LogP contribution >= 0.6 is 11.3 Å². The molecule has 1 saturated heterocycles. The van der Waals surface area contributed by atoms with Crippen molar-refractivity contribution in [1.29, 1.82) is 0 Å². The van der Waals surface area contributed by atoms with E-state index < -0.39 is 0 Å². The maximum atomic E-state index is 12.9. The van der Waals surface area contributed by atoms with Gasteiger partial charge in [0.15, 0.2) is 0 Å². The molecule has 1 N–H and O–H groups in total. The van der Waals surface area contributed by atoms with Gasteiger partial charge in [0.05, 0.1) is 23.9 Å². The van der Waals surface area contributed by atoms with Gasteiger partial charge in [0.2, 0.25) is 11.0 Å². The lowest BCUT2D eigenvalue weighted by Crippen LogP contribution is -2.32. The summed E-state index contributed by atoms with van der Waals surface area (Å²) in [7, 11) is 0. The summed E-state index contributed by atoms with van der Waals surface area (Å²) in [5.74, 6) is 1.49. The molecule has 27 heavy (non-hydrogen) atoms. The Bertz CT molecular complexity index is 920. The first-order valence-corrected chi connectivity index (χ1v) is 9.71. The molecule has 0 radical (unpaired) electrons. The minimum atomic E-state index is -0.0193. The zero-order valence-corrected chi connectivity index (χ0v) is 16.0. The number of pyridine rings is 1. The summed E-state index contributed by atoms with van der Waals surface area (Å²) < 4.78 is 5.18. The van der Waals surface area contributed by atoms with Gasteiger partial charge in [-0.15, -0.1) is 10.2 Å². The maximum Gasteiger partial charge on any atom is 0.227 e. The molecule has 1 aliphatic heterocycles. The molecule has 4 rings (SSSR count). The fourth-order valence-electron chi connectivity index (χ4n) is 3.42. The van der Waals surface area contributed by atoms with Crippen LogP contribution in [0.25, 0.3) is 0 Å². The number of nitrogens with zero attached hydrogens (tertiary/aromatic N) is 5. The van der Waals surface area contributed by atoms with E-state index in [1.807, 2.05) is 36.9 Å². The summed E-state index contributed by atoms with van der Waals surface area (Å²) >= 11 is 1.41. The van der Waals surface area contributed by atoms with Crippen molar-refractivity contribution in [2.45, 2.75) is 39.2 Å². The highest BCUT2D eigenvalue weighted by Crippen LogP contribution is 2.32. The average molecular weight is 384 g/mol. The van der Waals surface area contributed by atoms with Gasteiger partial charge in [0.25, 0.3) is 0 Å². The number of anilines is 2. The highest BCUT2D eigenvalue weighted by atomic mass is 32.1. The van der Waals surface area contributed by atoms with Gasteiger partial charge in [-0.05, 0) is 38.8 Å². The molecule has 1 amide bonds. The predicted octanol–water partition coefficient (Wildman–Crippen LogP) is 3.19. The lowest BCUT2D eigenvalue weighted by atomic mass is 10.1. The number of nitrogens with one attached hydrogen (secondary N) is 1. The van der Waals surface area contributed by atoms with Gasteiger partial charge >= 0.3 is 0 Å². The maximum absolute atomic E-state index is 12.9. The largest absolute Gasteiger partial charge is 0.361 e. The Morgan fingerprint density at radius 1 is 1.41 bits per heavy atom. The summed E-state index contributed by atoms with van der Waals surface area (Å²) in [6, 6.07) is 5.78. The molecule has 1 atom stereocenters. The van der Waals surface area contributed by atoms with Crippen molar-refractivity contribution in [1.82, 2.24) is 25.2 Å². The van der Waals surface area contributed by atoms with E-state index in [2.05, 4.69) is 20.7 Å². The number of amides is 1. The predicted molar refractivity (Wildman–Crippen MR) is 101 cm³/mol. The molecule has 0 saturated carbocycles. The van der Waals surface area contributed by atoms with E-state index >= 15 is 0 Å². The van der Waals surface area contributed by atoms with E-state index in [-0.39, 0.29) is 11.9 Å². The van der Waals surface area contributed by atoms with E-state index in [0.29, 0.717) is 23.1 Å². The second-order valence-corrected chi connectivity index (χ2v) is 7.37.